The van der Waals surface area contributed by atoms with E-state index in [0.717, 1.165) is 24.0 Å². The molecular weight excluding hydrogens is 815 g/mol. The molecular formula is C43H98N3O10S3+3. The van der Waals surface area contributed by atoms with Gasteiger partial charge in [-0.3, -0.25) is 19.2 Å². The number of hydrogen-bond acceptors (Lipinski definition) is 10. The first kappa shape index (κ1) is 77.9. The van der Waals surface area contributed by atoms with E-state index < -0.39 is 0 Å². The number of carbonyl (C=O) groups is 6. The minimum absolute atomic E-state index is 0.0926. The summed E-state index contributed by atoms with van der Waals surface area (Å²) in [4.78, 5) is 66.0. The molecule has 2 N–H and O–H groups in total. The van der Waals surface area contributed by atoms with Crippen LogP contribution in [0.5, 0.6) is 0 Å². The second-order valence-electron chi connectivity index (χ2n) is 16.4. The third-order valence-corrected chi connectivity index (χ3v) is 9.95. The standard InChI is InChI=1S/C7H15NO.C6H13NO.C6H12O.C5H12O2S.C5H10O.C5H13S.C4H9NO.C3H6O.C2H6O2S/c1-6(2)5-8(4)7(3)9;1-5(2)7(4)6(3)8;1-5(2)4-6(3)7;1-5(2)4-8(3)7-6;1-4(2)5(3)6;1-5(2)6(3)4;1-4(6)5(2)3;1-3(2)4;1-5(2)4-3/h6H,5H2,1-4H3;5H,1-4H3;5H,4H2,1-3H3;5H,4H2,1-3H3;4H,1-3H3;5H,1-4H3;1-3H3;1-2H3;1-2H3/q;;;;;+1;;;/p+2. The minimum atomic E-state index is -0.267. The SMILES string of the molecule is CC(=O)C(C)C.CC(=O)CC(C)C.CC(=O)N(C)C.CC(=O)N(C)C(C)C.CC(=O)N(C)CC(C)C.CC(C)=O.CC(C)C[S+](C)OO.CC(C)[S+](C)C.C[S+](C)OO. The zero-order valence-corrected chi connectivity index (χ0v) is 45.8. The third kappa shape index (κ3) is 113. The Morgan fingerprint density at radius 3 is 0.898 bits per heavy atom. The summed E-state index contributed by atoms with van der Waals surface area (Å²) in [5.41, 5.74) is 0. The maximum absolute atomic E-state index is 10.6. The largest absolute Gasteiger partial charge is 0.349 e. The Hall–Kier alpha value is -1.69. The Morgan fingerprint density at radius 2 is 0.864 bits per heavy atom. The van der Waals surface area contributed by atoms with Crippen molar-refractivity contribution in [1.82, 2.24) is 14.7 Å². The van der Waals surface area contributed by atoms with Gasteiger partial charge in [0.15, 0.2) is 22.4 Å². The molecule has 13 nitrogen and oxygen atoms in total. The van der Waals surface area contributed by atoms with Gasteiger partial charge in [-0.2, -0.15) is 0 Å². The number of amides is 3. The van der Waals surface area contributed by atoms with Crippen molar-refractivity contribution >= 4 is 68.3 Å². The predicted molar refractivity (Wildman–Crippen MR) is 262 cm³/mol. The van der Waals surface area contributed by atoms with E-state index in [1.165, 1.54) is 25.7 Å². The molecule has 0 aromatic heterocycles. The smallest absolute Gasteiger partial charge is 0.219 e. The van der Waals surface area contributed by atoms with Crippen LogP contribution in [0.1, 0.15) is 138 Å². The number of Topliss-reactive ketones (excluding diaryl/α,β-unsaturated/α-hetero) is 3. The molecule has 360 valence electrons. The zero-order valence-electron chi connectivity index (χ0n) is 43.3. The summed E-state index contributed by atoms with van der Waals surface area (Å²) in [6.07, 6.45) is 10.7. The minimum Gasteiger partial charge on any atom is -0.349 e. The molecule has 1 unspecified atom stereocenters. The first-order valence-electron chi connectivity index (χ1n) is 19.8. The normalized spacial score (nSPS) is 10.1. The molecule has 0 aliphatic heterocycles. The van der Waals surface area contributed by atoms with Gasteiger partial charge in [0.05, 0.1) is 12.5 Å². The van der Waals surface area contributed by atoms with Gasteiger partial charge in [0, 0.05) is 79.8 Å². The number of carbonyl (C=O) groups excluding carboxylic acids is 6. The van der Waals surface area contributed by atoms with Crippen molar-refractivity contribution in [3.05, 3.63) is 0 Å². The fourth-order valence-corrected chi connectivity index (χ4v) is 3.11. The van der Waals surface area contributed by atoms with Gasteiger partial charge >= 0.3 is 0 Å². The topological polar surface area (TPSA) is 171 Å². The number of rotatable bonds is 11. The Balaban J connectivity index is -0.0000000687. The first-order chi connectivity index (χ1) is 26.3. The maximum atomic E-state index is 10.6. The molecule has 0 rings (SSSR count). The van der Waals surface area contributed by atoms with Crippen LogP contribution in [-0.4, -0.2) is 143 Å². The van der Waals surface area contributed by atoms with Gasteiger partial charge in [-0.1, -0.05) is 55.4 Å². The van der Waals surface area contributed by atoms with Crippen molar-refractivity contribution in [2.75, 3.05) is 71.8 Å². The van der Waals surface area contributed by atoms with Crippen molar-refractivity contribution in [2.24, 2.45) is 23.7 Å². The molecule has 0 saturated carbocycles. The molecule has 59 heavy (non-hydrogen) atoms. The van der Waals surface area contributed by atoms with Crippen LogP contribution in [0.4, 0.5) is 0 Å². The predicted octanol–water partition coefficient (Wildman–Crippen LogP) is 8.37. The van der Waals surface area contributed by atoms with Gasteiger partial charge in [-0.05, 0) is 86.8 Å². The van der Waals surface area contributed by atoms with Crippen molar-refractivity contribution in [3.63, 3.8) is 0 Å². The molecule has 3 amide bonds. The molecule has 1 atom stereocenters. The Labute approximate surface area is 374 Å². The van der Waals surface area contributed by atoms with E-state index in [2.05, 4.69) is 62.7 Å². The van der Waals surface area contributed by atoms with Gasteiger partial charge in [-0.15, -0.1) is 0 Å². The lowest BCUT2D eigenvalue weighted by Gasteiger charge is -2.18. The van der Waals surface area contributed by atoms with Crippen LogP contribution < -0.4 is 0 Å². The fourth-order valence-electron chi connectivity index (χ4n) is 2.11. The van der Waals surface area contributed by atoms with Gasteiger partial charge < -0.3 is 24.3 Å². The van der Waals surface area contributed by atoms with Crippen LogP contribution in [-0.2, 0) is 70.7 Å². The van der Waals surface area contributed by atoms with E-state index in [9.17, 15) is 28.8 Å². The lowest BCUT2D eigenvalue weighted by molar-refractivity contribution is -0.129. The molecule has 0 saturated heterocycles. The van der Waals surface area contributed by atoms with Crippen LogP contribution in [0, 0.1) is 23.7 Å². The van der Waals surface area contributed by atoms with Gasteiger partial charge in [0.2, 0.25) is 17.7 Å². The Bertz CT molecular complexity index is 966. The summed E-state index contributed by atoms with van der Waals surface area (Å²) < 4.78 is 7.87. The van der Waals surface area contributed by atoms with Gasteiger partial charge in [0.25, 0.3) is 0 Å². The van der Waals surface area contributed by atoms with Gasteiger partial charge in [0.1, 0.15) is 47.1 Å². The van der Waals surface area contributed by atoms with Crippen LogP contribution in [0.15, 0.2) is 0 Å². The molecule has 0 aliphatic carbocycles. The highest BCUT2D eigenvalue weighted by molar-refractivity contribution is 7.96. The van der Waals surface area contributed by atoms with Crippen LogP contribution >= 0.6 is 0 Å². The average molecular weight is 913 g/mol. The van der Waals surface area contributed by atoms with E-state index in [0.29, 0.717) is 34.7 Å². The van der Waals surface area contributed by atoms with E-state index in [1.807, 2.05) is 54.8 Å². The fraction of sp³-hybridized carbons (Fsp3) is 0.860. The molecule has 0 radical (unpaired) electrons. The molecule has 0 heterocycles. The second-order valence-corrected chi connectivity index (χ2v) is 22.3. The van der Waals surface area contributed by atoms with Gasteiger partial charge in [-0.25, -0.2) is 10.5 Å². The summed E-state index contributed by atoms with van der Waals surface area (Å²) in [7, 11) is 7.70. The monoisotopic (exact) mass is 913 g/mol. The van der Waals surface area contributed by atoms with Crippen LogP contribution in [0.3, 0.4) is 0 Å². The van der Waals surface area contributed by atoms with E-state index in [1.54, 1.807) is 71.1 Å². The number of nitrogens with zero attached hydrogens (tertiary/aromatic N) is 3. The summed E-state index contributed by atoms with van der Waals surface area (Å²) in [5, 5.41) is 16.6. The molecule has 0 spiro atoms. The Morgan fingerprint density at radius 1 is 0.559 bits per heavy atom. The highest BCUT2D eigenvalue weighted by atomic mass is 32.2. The van der Waals surface area contributed by atoms with E-state index >= 15 is 0 Å². The third-order valence-electron chi connectivity index (χ3n) is 6.37. The first-order valence-corrected chi connectivity index (χ1v) is 25.6. The summed E-state index contributed by atoms with van der Waals surface area (Å²) in [6, 6.07) is 0.326. The summed E-state index contributed by atoms with van der Waals surface area (Å²) >= 11 is -0.519. The van der Waals surface area contributed by atoms with Crippen LogP contribution in [0.25, 0.3) is 0 Å². The van der Waals surface area contributed by atoms with Crippen molar-refractivity contribution in [2.45, 2.75) is 149 Å². The zero-order chi connectivity index (χ0) is 49.9. The van der Waals surface area contributed by atoms with Crippen molar-refractivity contribution < 1.29 is 47.9 Å². The number of ketones is 3. The molecule has 0 fully saturated rings. The Kier molecular flexibility index (Phi) is 69.2. The molecule has 0 aromatic carbocycles. The highest BCUT2D eigenvalue weighted by Gasteiger charge is 2.14. The molecule has 0 bridgehead atoms. The second kappa shape index (κ2) is 52.4. The molecule has 0 aromatic rings. The quantitative estimate of drug-likeness (QED) is 0.117. The molecule has 16 heteroatoms. The van der Waals surface area contributed by atoms with Crippen molar-refractivity contribution in [1.29, 1.82) is 0 Å². The highest BCUT2D eigenvalue weighted by Crippen LogP contribution is 2.00. The van der Waals surface area contributed by atoms with Crippen LogP contribution in [0.2, 0.25) is 0 Å². The molecule has 0 aliphatic rings. The van der Waals surface area contributed by atoms with Crippen molar-refractivity contribution in [3.8, 4) is 0 Å². The lowest BCUT2D eigenvalue weighted by atomic mass is 10.1. The van der Waals surface area contributed by atoms with E-state index in [4.69, 9.17) is 10.5 Å². The van der Waals surface area contributed by atoms with E-state index in [-0.39, 0.29) is 63.3 Å². The lowest BCUT2D eigenvalue weighted by Crippen LogP contribution is -2.30. The summed E-state index contributed by atoms with van der Waals surface area (Å²) in [6.45, 7) is 36.6. The number of hydrogen-bond donors (Lipinski definition) is 2. The average Bonchev–Trinajstić information content (AvgIpc) is 3.04. The maximum Gasteiger partial charge on any atom is 0.219 e. The summed E-state index contributed by atoms with van der Waals surface area (Å²) in [5.74, 6) is 3.93.